The van der Waals surface area contributed by atoms with Crippen molar-refractivity contribution in [3.8, 4) is 0 Å². The van der Waals surface area contributed by atoms with Gasteiger partial charge >= 0.3 is 6.03 Å². The molecule has 0 aromatic carbocycles. The van der Waals surface area contributed by atoms with Gasteiger partial charge in [0.15, 0.2) is 0 Å². The molecule has 1 aliphatic heterocycles. The predicted molar refractivity (Wildman–Crippen MR) is 57.8 cm³/mol. The van der Waals surface area contributed by atoms with Gasteiger partial charge in [-0.05, 0) is 12.1 Å². The number of carbonyl (C=O) groups is 2. The van der Waals surface area contributed by atoms with E-state index in [9.17, 15) is 9.59 Å². The number of urea groups is 1. The second-order valence-corrected chi connectivity index (χ2v) is 3.44. The molecule has 0 aliphatic carbocycles. The van der Waals surface area contributed by atoms with Crippen LogP contribution in [0.15, 0.2) is 24.5 Å². The maximum atomic E-state index is 11.7. The zero-order chi connectivity index (χ0) is 11.4. The first kappa shape index (κ1) is 10.4. The molecule has 0 spiro atoms. The van der Waals surface area contributed by atoms with Crippen LogP contribution < -0.4 is 10.6 Å². The van der Waals surface area contributed by atoms with Gasteiger partial charge in [0.1, 0.15) is 6.54 Å². The Hall–Kier alpha value is -2.11. The van der Waals surface area contributed by atoms with E-state index >= 15 is 0 Å². The Morgan fingerprint density at radius 1 is 1.56 bits per heavy atom. The summed E-state index contributed by atoms with van der Waals surface area (Å²) in [6.45, 7) is 1.13. The Kier molecular flexibility index (Phi) is 3.00. The summed E-state index contributed by atoms with van der Waals surface area (Å²) in [7, 11) is 0. The van der Waals surface area contributed by atoms with Gasteiger partial charge in [-0.3, -0.25) is 9.78 Å². The molecular formula is C10H12N4O2. The fourth-order valence-corrected chi connectivity index (χ4v) is 1.45. The van der Waals surface area contributed by atoms with Crippen molar-refractivity contribution in [2.45, 2.75) is 0 Å². The van der Waals surface area contributed by atoms with Crippen LogP contribution in [0.3, 0.4) is 0 Å². The van der Waals surface area contributed by atoms with Crippen LogP contribution >= 0.6 is 0 Å². The standard InChI is InChI=1S/C10H12N4O2/c15-9-7-14(5-4-12-9)10(16)13-8-2-1-3-11-6-8/h1-3,6H,4-5,7H2,(H,12,15)(H,13,16). The minimum Gasteiger partial charge on any atom is -0.353 e. The van der Waals surface area contributed by atoms with Gasteiger partial charge in [-0.25, -0.2) is 4.79 Å². The molecule has 1 fully saturated rings. The summed E-state index contributed by atoms with van der Waals surface area (Å²) in [5.74, 6) is -0.132. The van der Waals surface area contributed by atoms with Crippen molar-refractivity contribution in [2.24, 2.45) is 0 Å². The smallest absolute Gasteiger partial charge is 0.322 e. The molecule has 2 heterocycles. The highest BCUT2D eigenvalue weighted by molar-refractivity contribution is 5.92. The van der Waals surface area contributed by atoms with Crippen LogP contribution in [0.5, 0.6) is 0 Å². The van der Waals surface area contributed by atoms with Crippen molar-refractivity contribution < 1.29 is 9.59 Å². The number of anilines is 1. The number of piperazine rings is 1. The van der Waals surface area contributed by atoms with Crippen LogP contribution in [0.2, 0.25) is 0 Å². The number of pyridine rings is 1. The maximum Gasteiger partial charge on any atom is 0.322 e. The van der Waals surface area contributed by atoms with E-state index in [1.165, 1.54) is 4.90 Å². The molecule has 0 bridgehead atoms. The van der Waals surface area contributed by atoms with Gasteiger partial charge in [-0.2, -0.15) is 0 Å². The number of rotatable bonds is 1. The van der Waals surface area contributed by atoms with Crippen molar-refractivity contribution in [1.82, 2.24) is 15.2 Å². The summed E-state index contributed by atoms with van der Waals surface area (Å²) in [6, 6.07) is 3.20. The van der Waals surface area contributed by atoms with Crippen LogP contribution in [0.25, 0.3) is 0 Å². The summed E-state index contributed by atoms with van der Waals surface area (Å²) in [5.41, 5.74) is 0.624. The molecule has 0 atom stereocenters. The van der Waals surface area contributed by atoms with Crippen molar-refractivity contribution in [3.05, 3.63) is 24.5 Å². The molecule has 6 nitrogen and oxygen atoms in total. The first-order chi connectivity index (χ1) is 7.75. The Morgan fingerprint density at radius 2 is 2.44 bits per heavy atom. The third kappa shape index (κ3) is 2.47. The predicted octanol–water partition coefficient (Wildman–Crippen LogP) is 0.0453. The number of amides is 3. The second kappa shape index (κ2) is 4.61. The molecule has 0 saturated carbocycles. The van der Waals surface area contributed by atoms with Gasteiger partial charge in [-0.1, -0.05) is 0 Å². The van der Waals surface area contributed by atoms with E-state index < -0.39 is 0 Å². The highest BCUT2D eigenvalue weighted by Gasteiger charge is 2.20. The molecule has 1 aromatic rings. The minimum absolute atomic E-state index is 0.103. The van der Waals surface area contributed by atoms with Gasteiger partial charge in [-0.15, -0.1) is 0 Å². The number of carbonyl (C=O) groups excluding carboxylic acids is 2. The topological polar surface area (TPSA) is 74.3 Å². The normalized spacial score (nSPS) is 15.5. The third-order valence-electron chi connectivity index (χ3n) is 2.24. The van der Waals surface area contributed by atoms with Crippen molar-refractivity contribution in [1.29, 1.82) is 0 Å². The minimum atomic E-state index is -0.275. The monoisotopic (exact) mass is 220 g/mol. The number of nitrogens with one attached hydrogen (secondary N) is 2. The highest BCUT2D eigenvalue weighted by atomic mass is 16.2. The Bertz CT molecular complexity index is 393. The van der Waals surface area contributed by atoms with Crippen LogP contribution in [0.1, 0.15) is 0 Å². The Labute approximate surface area is 92.7 Å². The summed E-state index contributed by atoms with van der Waals surface area (Å²) < 4.78 is 0. The van der Waals surface area contributed by atoms with E-state index in [1.807, 2.05) is 0 Å². The van der Waals surface area contributed by atoms with Crippen LogP contribution in [-0.4, -0.2) is 41.5 Å². The lowest BCUT2D eigenvalue weighted by atomic mass is 10.3. The molecule has 84 valence electrons. The summed E-state index contributed by atoms with van der Waals surface area (Å²) in [4.78, 5) is 28.2. The molecule has 16 heavy (non-hydrogen) atoms. The second-order valence-electron chi connectivity index (χ2n) is 3.44. The van der Waals surface area contributed by atoms with Crippen LogP contribution in [0.4, 0.5) is 10.5 Å². The lowest BCUT2D eigenvalue weighted by Gasteiger charge is -2.26. The molecule has 6 heteroatoms. The first-order valence-electron chi connectivity index (χ1n) is 4.98. The fraction of sp³-hybridized carbons (Fsp3) is 0.300. The van der Waals surface area contributed by atoms with Gasteiger partial charge < -0.3 is 15.5 Å². The molecule has 2 rings (SSSR count). The molecule has 1 aliphatic rings. The van der Waals surface area contributed by atoms with Crippen LogP contribution in [0, 0.1) is 0 Å². The number of nitrogens with zero attached hydrogens (tertiary/aromatic N) is 2. The van der Waals surface area contributed by atoms with Gasteiger partial charge in [0.25, 0.3) is 0 Å². The van der Waals surface area contributed by atoms with E-state index in [2.05, 4.69) is 15.6 Å². The zero-order valence-electron chi connectivity index (χ0n) is 8.64. The largest absolute Gasteiger partial charge is 0.353 e. The number of aromatic nitrogens is 1. The van der Waals surface area contributed by atoms with E-state index in [-0.39, 0.29) is 18.5 Å². The quantitative estimate of drug-likeness (QED) is 0.702. The first-order valence-corrected chi connectivity index (χ1v) is 4.98. The molecular weight excluding hydrogens is 208 g/mol. The summed E-state index contributed by atoms with van der Waals surface area (Å²) in [6.07, 6.45) is 3.19. The highest BCUT2D eigenvalue weighted by Crippen LogP contribution is 2.05. The lowest BCUT2D eigenvalue weighted by molar-refractivity contribution is -0.123. The SMILES string of the molecule is O=C1CN(C(=O)Nc2cccnc2)CCN1. The van der Waals surface area contributed by atoms with Gasteiger partial charge in [0.2, 0.25) is 5.91 Å². The lowest BCUT2D eigenvalue weighted by Crippen LogP contribution is -2.51. The van der Waals surface area contributed by atoms with E-state index in [0.717, 1.165) is 0 Å². The Balaban J connectivity index is 1.95. The average molecular weight is 220 g/mol. The molecule has 1 saturated heterocycles. The van der Waals surface area contributed by atoms with Crippen molar-refractivity contribution in [3.63, 3.8) is 0 Å². The number of hydrogen-bond donors (Lipinski definition) is 2. The number of hydrogen-bond acceptors (Lipinski definition) is 3. The molecule has 1 aromatic heterocycles. The summed E-state index contributed by atoms with van der Waals surface area (Å²) >= 11 is 0. The van der Waals surface area contributed by atoms with Crippen molar-refractivity contribution >= 4 is 17.6 Å². The molecule has 0 radical (unpaired) electrons. The Morgan fingerprint density at radius 3 is 3.12 bits per heavy atom. The van der Waals surface area contributed by atoms with Gasteiger partial charge in [0, 0.05) is 19.3 Å². The van der Waals surface area contributed by atoms with Gasteiger partial charge in [0.05, 0.1) is 11.9 Å². The molecule has 2 N–H and O–H groups in total. The molecule has 0 unspecified atom stereocenters. The average Bonchev–Trinajstić information content (AvgIpc) is 2.30. The molecule has 3 amide bonds. The van der Waals surface area contributed by atoms with Crippen LogP contribution in [-0.2, 0) is 4.79 Å². The maximum absolute atomic E-state index is 11.7. The van der Waals surface area contributed by atoms with E-state index in [4.69, 9.17) is 0 Å². The van der Waals surface area contributed by atoms with E-state index in [1.54, 1.807) is 24.5 Å². The fourth-order valence-electron chi connectivity index (χ4n) is 1.45. The third-order valence-corrected chi connectivity index (χ3v) is 2.24. The van der Waals surface area contributed by atoms with Crippen molar-refractivity contribution in [2.75, 3.05) is 25.0 Å². The van der Waals surface area contributed by atoms with E-state index in [0.29, 0.717) is 18.8 Å². The summed E-state index contributed by atoms with van der Waals surface area (Å²) in [5, 5.41) is 5.33. The zero-order valence-corrected chi connectivity index (χ0v) is 8.64.